The summed E-state index contributed by atoms with van der Waals surface area (Å²) in [6.07, 6.45) is 0. The largest absolute Gasteiger partial charge is 0.379 e. The van der Waals surface area contributed by atoms with Crippen LogP contribution in [0.1, 0.15) is 11.6 Å². The zero-order valence-electron chi connectivity index (χ0n) is 9.51. The summed E-state index contributed by atoms with van der Waals surface area (Å²) in [6, 6.07) is 11.4. The summed E-state index contributed by atoms with van der Waals surface area (Å²) in [4.78, 5) is 4.99. The summed E-state index contributed by atoms with van der Waals surface area (Å²) < 4.78 is 5.35. The summed E-state index contributed by atoms with van der Waals surface area (Å²) in [5.74, 6) is 0. The number of hydrogen-bond donors (Lipinski definition) is 0. The highest BCUT2D eigenvalue weighted by molar-refractivity contribution is 5.23. The van der Waals surface area contributed by atoms with E-state index in [-0.39, 0.29) is 0 Å². The van der Waals surface area contributed by atoms with Crippen molar-refractivity contribution >= 4 is 0 Å². The molecule has 0 amide bonds. The van der Waals surface area contributed by atoms with Crippen LogP contribution in [0.3, 0.4) is 0 Å². The fourth-order valence-electron chi connectivity index (χ4n) is 2.32. The Labute approximate surface area is 96.6 Å². The second-order valence-corrected chi connectivity index (χ2v) is 4.57. The molecule has 0 N–H and O–H groups in total. The second-order valence-electron chi connectivity index (χ2n) is 4.57. The molecule has 3 heteroatoms. The average molecular weight is 218 g/mol. The Morgan fingerprint density at radius 2 is 1.88 bits per heavy atom. The highest BCUT2D eigenvalue weighted by Gasteiger charge is 2.36. The number of benzene rings is 1. The van der Waals surface area contributed by atoms with Crippen molar-refractivity contribution in [3.05, 3.63) is 35.9 Å². The molecule has 1 aromatic rings. The van der Waals surface area contributed by atoms with Crippen molar-refractivity contribution in [2.45, 2.75) is 6.04 Å². The first-order chi connectivity index (χ1) is 7.93. The maximum atomic E-state index is 5.35. The van der Waals surface area contributed by atoms with Gasteiger partial charge in [0.15, 0.2) is 0 Å². The van der Waals surface area contributed by atoms with E-state index in [0.717, 1.165) is 33.0 Å². The Balaban J connectivity index is 1.52. The standard InChI is InChI=1S/C13H18N2O/c1-2-4-12(5-3-1)13-10-15(13)11-14-6-8-16-9-7-14/h1-5,13H,6-11H2/t13-,15?/m1/s1. The van der Waals surface area contributed by atoms with E-state index in [0.29, 0.717) is 6.04 Å². The van der Waals surface area contributed by atoms with Crippen molar-refractivity contribution in [1.29, 1.82) is 0 Å². The van der Waals surface area contributed by atoms with Crippen LogP contribution in [0, 0.1) is 0 Å². The number of nitrogens with zero attached hydrogens (tertiary/aromatic N) is 2. The monoisotopic (exact) mass is 218 g/mol. The summed E-state index contributed by atoms with van der Waals surface area (Å²) >= 11 is 0. The van der Waals surface area contributed by atoms with Gasteiger partial charge in [-0.2, -0.15) is 0 Å². The lowest BCUT2D eigenvalue weighted by molar-refractivity contribution is 0.0247. The zero-order chi connectivity index (χ0) is 10.8. The van der Waals surface area contributed by atoms with Crippen molar-refractivity contribution in [2.24, 2.45) is 0 Å². The lowest BCUT2D eigenvalue weighted by atomic mass is 10.2. The summed E-state index contributed by atoms with van der Waals surface area (Å²) in [7, 11) is 0. The lowest BCUT2D eigenvalue weighted by Gasteiger charge is -2.27. The Bertz CT molecular complexity index is 335. The van der Waals surface area contributed by atoms with Gasteiger partial charge in [-0.05, 0) is 5.56 Å². The van der Waals surface area contributed by atoms with E-state index in [2.05, 4.69) is 40.1 Å². The van der Waals surface area contributed by atoms with Crippen LogP contribution in [0.4, 0.5) is 0 Å². The Hall–Kier alpha value is -0.900. The molecule has 0 aromatic heterocycles. The van der Waals surface area contributed by atoms with Crippen LogP contribution in [-0.4, -0.2) is 49.3 Å². The van der Waals surface area contributed by atoms with Crippen molar-refractivity contribution in [3.8, 4) is 0 Å². The van der Waals surface area contributed by atoms with E-state index in [4.69, 9.17) is 4.74 Å². The van der Waals surface area contributed by atoms with Crippen LogP contribution in [0.2, 0.25) is 0 Å². The molecule has 0 radical (unpaired) electrons. The summed E-state index contributed by atoms with van der Waals surface area (Å²) in [5, 5.41) is 0. The van der Waals surface area contributed by atoms with Crippen molar-refractivity contribution < 1.29 is 4.74 Å². The van der Waals surface area contributed by atoms with Gasteiger partial charge in [0.05, 0.1) is 19.9 Å². The highest BCUT2D eigenvalue weighted by atomic mass is 16.5. The fraction of sp³-hybridized carbons (Fsp3) is 0.538. The third-order valence-corrected chi connectivity index (χ3v) is 3.38. The van der Waals surface area contributed by atoms with Crippen LogP contribution in [0.5, 0.6) is 0 Å². The third-order valence-electron chi connectivity index (χ3n) is 3.38. The van der Waals surface area contributed by atoms with Gasteiger partial charge in [0.1, 0.15) is 0 Å². The minimum absolute atomic E-state index is 0.657. The first-order valence-corrected chi connectivity index (χ1v) is 6.02. The number of morpholine rings is 1. The minimum atomic E-state index is 0.657. The van der Waals surface area contributed by atoms with E-state index in [9.17, 15) is 0 Å². The van der Waals surface area contributed by atoms with Crippen LogP contribution in [0.25, 0.3) is 0 Å². The lowest BCUT2D eigenvalue weighted by Crippen LogP contribution is -2.39. The van der Waals surface area contributed by atoms with Gasteiger partial charge in [0.2, 0.25) is 0 Å². The first-order valence-electron chi connectivity index (χ1n) is 6.02. The molecule has 0 aliphatic carbocycles. The van der Waals surface area contributed by atoms with E-state index in [1.807, 2.05) is 0 Å². The quantitative estimate of drug-likeness (QED) is 0.712. The van der Waals surface area contributed by atoms with Crippen LogP contribution in [-0.2, 0) is 4.74 Å². The molecule has 86 valence electrons. The SMILES string of the molecule is c1ccc([C@H]2CN2CN2CCOCC2)cc1. The van der Waals surface area contributed by atoms with Gasteiger partial charge in [-0.25, -0.2) is 0 Å². The molecule has 0 bridgehead atoms. The molecule has 2 aliphatic heterocycles. The molecule has 3 rings (SSSR count). The summed E-state index contributed by atoms with van der Waals surface area (Å²) in [5.41, 5.74) is 1.45. The zero-order valence-corrected chi connectivity index (χ0v) is 9.51. The molecule has 1 aromatic carbocycles. The molecule has 2 atom stereocenters. The van der Waals surface area contributed by atoms with E-state index < -0.39 is 0 Å². The highest BCUT2D eigenvalue weighted by Crippen LogP contribution is 2.34. The summed E-state index contributed by atoms with van der Waals surface area (Å²) in [6.45, 7) is 6.26. The molecule has 3 nitrogen and oxygen atoms in total. The van der Waals surface area contributed by atoms with Crippen molar-refractivity contribution in [2.75, 3.05) is 39.5 Å². The Morgan fingerprint density at radius 3 is 2.62 bits per heavy atom. The maximum Gasteiger partial charge on any atom is 0.0594 e. The van der Waals surface area contributed by atoms with E-state index in [1.165, 1.54) is 12.1 Å². The van der Waals surface area contributed by atoms with Crippen LogP contribution < -0.4 is 0 Å². The molecule has 16 heavy (non-hydrogen) atoms. The van der Waals surface area contributed by atoms with Gasteiger partial charge in [-0.15, -0.1) is 0 Å². The maximum absolute atomic E-state index is 5.35. The molecule has 2 aliphatic rings. The predicted octanol–water partition coefficient (Wildman–Crippen LogP) is 1.33. The smallest absolute Gasteiger partial charge is 0.0594 e. The van der Waals surface area contributed by atoms with Gasteiger partial charge in [0.25, 0.3) is 0 Å². The van der Waals surface area contributed by atoms with Crippen molar-refractivity contribution in [1.82, 2.24) is 9.80 Å². The molecule has 0 saturated carbocycles. The fourth-order valence-corrected chi connectivity index (χ4v) is 2.32. The Kier molecular flexibility index (Phi) is 2.91. The molecule has 2 saturated heterocycles. The second kappa shape index (κ2) is 4.53. The van der Waals surface area contributed by atoms with Gasteiger partial charge in [-0.3, -0.25) is 9.80 Å². The third kappa shape index (κ3) is 2.26. The van der Waals surface area contributed by atoms with Gasteiger partial charge in [0, 0.05) is 25.7 Å². The van der Waals surface area contributed by atoms with Gasteiger partial charge >= 0.3 is 0 Å². The number of ether oxygens (including phenoxy) is 1. The minimum Gasteiger partial charge on any atom is -0.379 e. The van der Waals surface area contributed by atoms with Gasteiger partial charge < -0.3 is 4.74 Å². The van der Waals surface area contributed by atoms with E-state index >= 15 is 0 Å². The molecular formula is C13H18N2O. The first kappa shape index (κ1) is 10.3. The molecule has 2 heterocycles. The topological polar surface area (TPSA) is 15.5 Å². The average Bonchev–Trinajstić information content (AvgIpc) is 3.11. The molecule has 1 unspecified atom stereocenters. The van der Waals surface area contributed by atoms with Crippen LogP contribution >= 0.6 is 0 Å². The predicted molar refractivity (Wildman–Crippen MR) is 63.1 cm³/mol. The molecular weight excluding hydrogens is 200 g/mol. The van der Waals surface area contributed by atoms with E-state index in [1.54, 1.807) is 0 Å². The number of hydrogen-bond acceptors (Lipinski definition) is 3. The molecule has 2 fully saturated rings. The normalized spacial score (nSPS) is 30.2. The van der Waals surface area contributed by atoms with Crippen molar-refractivity contribution in [3.63, 3.8) is 0 Å². The van der Waals surface area contributed by atoms with Gasteiger partial charge in [-0.1, -0.05) is 30.3 Å². The van der Waals surface area contributed by atoms with Crippen LogP contribution in [0.15, 0.2) is 30.3 Å². The molecule has 0 spiro atoms. The number of rotatable bonds is 3. The Morgan fingerprint density at radius 1 is 1.12 bits per heavy atom.